The molecule has 22 heavy (non-hydrogen) atoms. The molecule has 2 rings (SSSR count). The summed E-state index contributed by atoms with van der Waals surface area (Å²) in [4.78, 5) is 0. The molecule has 0 aromatic heterocycles. The van der Waals surface area contributed by atoms with Gasteiger partial charge in [-0.05, 0) is 18.3 Å². The Labute approximate surface area is 128 Å². The molecule has 1 aliphatic rings. The lowest BCUT2D eigenvalue weighted by Crippen LogP contribution is -2.19. The van der Waals surface area contributed by atoms with Crippen LogP contribution in [0.25, 0.3) is 0 Å². The maximum Gasteiger partial charge on any atom is 0.167 e. The van der Waals surface area contributed by atoms with Gasteiger partial charge in [0.2, 0.25) is 0 Å². The van der Waals surface area contributed by atoms with Gasteiger partial charge >= 0.3 is 0 Å². The van der Waals surface area contributed by atoms with E-state index >= 15 is 0 Å². The zero-order valence-corrected chi connectivity index (χ0v) is 13.4. The van der Waals surface area contributed by atoms with Crippen molar-refractivity contribution >= 4 is 0 Å². The number of ether oxygens (including phenoxy) is 1. The lowest BCUT2D eigenvalue weighted by atomic mass is 9.87. The smallest absolute Gasteiger partial charge is 0.167 e. The molecule has 5 heteroatoms. The van der Waals surface area contributed by atoms with Crippen LogP contribution < -0.4 is 0 Å². The van der Waals surface area contributed by atoms with Crippen LogP contribution in [0.15, 0.2) is 12.2 Å². The zero-order valence-electron chi connectivity index (χ0n) is 13.4. The van der Waals surface area contributed by atoms with Crippen molar-refractivity contribution in [3.63, 3.8) is 0 Å². The number of hydrogen-bond donors (Lipinski definition) is 0. The molecule has 1 saturated carbocycles. The lowest BCUT2D eigenvalue weighted by Gasteiger charge is -2.19. The van der Waals surface area contributed by atoms with Gasteiger partial charge in [0.15, 0.2) is 23.3 Å². The Hall–Kier alpha value is -1.36. The Morgan fingerprint density at radius 2 is 1.50 bits per heavy atom. The standard InChI is InChI=1S/C17H20F4O/c1-6-7-10-16(2,3)17(10,4)11-14(20)12(18)9(8-22-5)13(19)15(11)21/h6-7,10H,8H2,1-5H3. The van der Waals surface area contributed by atoms with E-state index < -0.39 is 51.8 Å². The van der Waals surface area contributed by atoms with Crippen LogP contribution in [-0.2, 0) is 16.8 Å². The molecule has 1 aromatic carbocycles. The summed E-state index contributed by atoms with van der Waals surface area (Å²) in [5.74, 6) is -5.60. The molecule has 1 nitrogen and oxygen atoms in total. The van der Waals surface area contributed by atoms with Gasteiger partial charge in [-0.3, -0.25) is 0 Å². The van der Waals surface area contributed by atoms with E-state index in [0.29, 0.717) is 0 Å². The Morgan fingerprint density at radius 1 is 1.00 bits per heavy atom. The second-order valence-electron chi connectivity index (χ2n) is 6.47. The summed E-state index contributed by atoms with van der Waals surface area (Å²) in [6.45, 7) is 6.56. The van der Waals surface area contributed by atoms with Crippen molar-refractivity contribution in [2.75, 3.05) is 7.11 Å². The van der Waals surface area contributed by atoms with E-state index in [4.69, 9.17) is 0 Å². The predicted molar refractivity (Wildman–Crippen MR) is 76.4 cm³/mol. The highest BCUT2D eigenvalue weighted by Gasteiger charge is 2.69. The molecular formula is C17H20F4O. The molecule has 0 aliphatic heterocycles. The minimum Gasteiger partial charge on any atom is -0.380 e. The average Bonchev–Trinajstić information content (AvgIpc) is 2.88. The molecule has 0 heterocycles. The van der Waals surface area contributed by atoms with Gasteiger partial charge < -0.3 is 4.74 Å². The SMILES string of the molecule is CC=CC1C(C)(C)C1(C)c1c(F)c(F)c(COC)c(F)c1F. The first-order chi connectivity index (χ1) is 10.2. The molecule has 0 radical (unpaired) electrons. The van der Waals surface area contributed by atoms with Crippen molar-refractivity contribution in [3.8, 4) is 0 Å². The second-order valence-corrected chi connectivity index (χ2v) is 6.47. The molecular weight excluding hydrogens is 296 g/mol. The molecule has 0 amide bonds. The van der Waals surface area contributed by atoms with Crippen molar-refractivity contribution in [1.82, 2.24) is 0 Å². The van der Waals surface area contributed by atoms with Crippen LogP contribution in [0.1, 0.15) is 38.8 Å². The van der Waals surface area contributed by atoms with E-state index in [2.05, 4.69) is 4.74 Å². The monoisotopic (exact) mass is 316 g/mol. The van der Waals surface area contributed by atoms with Crippen molar-refractivity contribution in [3.05, 3.63) is 46.5 Å². The number of hydrogen-bond acceptors (Lipinski definition) is 1. The van der Waals surface area contributed by atoms with Crippen LogP contribution >= 0.6 is 0 Å². The van der Waals surface area contributed by atoms with Crippen molar-refractivity contribution in [2.24, 2.45) is 11.3 Å². The van der Waals surface area contributed by atoms with Crippen LogP contribution in [-0.4, -0.2) is 7.11 Å². The zero-order chi connectivity index (χ0) is 16.9. The molecule has 0 bridgehead atoms. The summed E-state index contributed by atoms with van der Waals surface area (Å²) < 4.78 is 61.8. The summed E-state index contributed by atoms with van der Waals surface area (Å²) in [5, 5.41) is 0. The maximum absolute atomic E-state index is 14.5. The largest absolute Gasteiger partial charge is 0.380 e. The highest BCUT2D eigenvalue weighted by atomic mass is 19.2. The first-order valence-corrected chi connectivity index (χ1v) is 7.13. The van der Waals surface area contributed by atoms with Crippen molar-refractivity contribution < 1.29 is 22.3 Å². The highest BCUT2D eigenvalue weighted by molar-refractivity contribution is 5.45. The fourth-order valence-corrected chi connectivity index (χ4v) is 3.53. The Bertz CT molecular complexity index is 607. The van der Waals surface area contributed by atoms with E-state index in [9.17, 15) is 17.6 Å². The van der Waals surface area contributed by atoms with Crippen LogP contribution in [0.4, 0.5) is 17.6 Å². The minimum atomic E-state index is -1.38. The third-order valence-corrected chi connectivity index (χ3v) is 5.20. The van der Waals surface area contributed by atoms with E-state index in [-0.39, 0.29) is 5.92 Å². The molecule has 1 fully saturated rings. The van der Waals surface area contributed by atoms with Crippen LogP contribution in [0.2, 0.25) is 0 Å². The number of rotatable bonds is 4. The van der Waals surface area contributed by atoms with E-state index in [1.165, 1.54) is 7.11 Å². The third-order valence-electron chi connectivity index (χ3n) is 5.20. The maximum atomic E-state index is 14.5. The van der Waals surface area contributed by atoms with Gasteiger partial charge in [-0.1, -0.05) is 32.9 Å². The molecule has 0 saturated heterocycles. The van der Waals surface area contributed by atoms with Gasteiger partial charge in [-0.25, -0.2) is 17.6 Å². The fourth-order valence-electron chi connectivity index (χ4n) is 3.53. The van der Waals surface area contributed by atoms with Gasteiger partial charge in [0.1, 0.15) is 0 Å². The first kappa shape index (κ1) is 17.0. The molecule has 0 spiro atoms. The molecule has 0 N–H and O–H groups in total. The normalized spacial score (nSPS) is 26.7. The molecule has 1 aliphatic carbocycles. The topological polar surface area (TPSA) is 9.23 Å². The Kier molecular flexibility index (Phi) is 4.15. The molecule has 122 valence electrons. The van der Waals surface area contributed by atoms with E-state index in [1.54, 1.807) is 19.9 Å². The number of benzene rings is 1. The number of methoxy groups -OCH3 is 1. The van der Waals surface area contributed by atoms with Gasteiger partial charge in [-0.15, -0.1) is 0 Å². The minimum absolute atomic E-state index is 0.193. The van der Waals surface area contributed by atoms with E-state index in [0.717, 1.165) is 0 Å². The average molecular weight is 316 g/mol. The van der Waals surface area contributed by atoms with Crippen LogP contribution in [0, 0.1) is 34.6 Å². The van der Waals surface area contributed by atoms with Gasteiger partial charge in [-0.2, -0.15) is 0 Å². The predicted octanol–water partition coefficient (Wildman–Crippen LogP) is 4.88. The van der Waals surface area contributed by atoms with Crippen LogP contribution in [0.5, 0.6) is 0 Å². The lowest BCUT2D eigenvalue weighted by molar-refractivity contribution is 0.174. The molecule has 2 atom stereocenters. The summed E-state index contributed by atoms with van der Waals surface area (Å²) in [6, 6.07) is 0. The summed E-state index contributed by atoms with van der Waals surface area (Å²) >= 11 is 0. The van der Waals surface area contributed by atoms with Gasteiger partial charge in [0, 0.05) is 18.1 Å². The first-order valence-electron chi connectivity index (χ1n) is 7.13. The summed E-state index contributed by atoms with van der Waals surface area (Å²) in [6.07, 6.45) is 3.59. The number of halogens is 4. The Balaban J connectivity index is 2.69. The van der Waals surface area contributed by atoms with E-state index in [1.807, 2.05) is 19.9 Å². The molecule has 1 aromatic rings. The Morgan fingerprint density at radius 3 is 1.91 bits per heavy atom. The molecule has 2 unspecified atom stereocenters. The quantitative estimate of drug-likeness (QED) is 0.437. The van der Waals surface area contributed by atoms with Gasteiger partial charge in [0.05, 0.1) is 12.2 Å². The summed E-state index contributed by atoms with van der Waals surface area (Å²) in [5.41, 5.74) is -2.73. The van der Waals surface area contributed by atoms with Gasteiger partial charge in [0.25, 0.3) is 0 Å². The fraction of sp³-hybridized carbons (Fsp3) is 0.529. The number of allylic oxidation sites excluding steroid dienone is 2. The third kappa shape index (κ3) is 2.02. The van der Waals surface area contributed by atoms with Crippen LogP contribution in [0.3, 0.4) is 0 Å². The highest BCUT2D eigenvalue weighted by Crippen LogP contribution is 2.70. The second kappa shape index (κ2) is 5.37. The van der Waals surface area contributed by atoms with Crippen molar-refractivity contribution in [1.29, 1.82) is 0 Å². The summed E-state index contributed by atoms with van der Waals surface area (Å²) in [7, 11) is 1.20. The van der Waals surface area contributed by atoms with Crippen molar-refractivity contribution in [2.45, 2.75) is 39.7 Å².